The number of aliphatic hydroxyl groups is 1. The molecular formula is C5H18O. The second-order valence-corrected chi connectivity index (χ2v) is 0.316. The van der Waals surface area contributed by atoms with Gasteiger partial charge in [-0.25, -0.2) is 0 Å². The van der Waals surface area contributed by atoms with Crippen LogP contribution in [-0.2, 0) is 0 Å². The van der Waals surface area contributed by atoms with Crippen molar-refractivity contribution in [2.45, 2.75) is 29.2 Å². The molecule has 0 rings (SSSR count). The van der Waals surface area contributed by atoms with Crippen LogP contribution in [0.1, 0.15) is 29.2 Å². The monoisotopic (exact) mass is 94.1 g/mol. The van der Waals surface area contributed by atoms with Gasteiger partial charge in [0, 0.05) is 6.61 Å². The zero-order chi connectivity index (χ0) is 2.71. The molecule has 0 aliphatic heterocycles. The summed E-state index contributed by atoms with van der Waals surface area (Å²) < 4.78 is 0. The first-order valence-electron chi connectivity index (χ1n) is 1.02. The third-order valence-electron chi connectivity index (χ3n) is 0. The van der Waals surface area contributed by atoms with Gasteiger partial charge in [0.05, 0.1) is 0 Å². The van der Waals surface area contributed by atoms with Crippen LogP contribution >= 0.6 is 0 Å². The Bertz CT molecular complexity index is 3.90. The molecule has 0 bridgehead atoms. The van der Waals surface area contributed by atoms with Gasteiger partial charge in [-0.15, -0.1) is 0 Å². The van der Waals surface area contributed by atoms with Crippen LogP contribution < -0.4 is 0 Å². The maximum Gasteiger partial charge on any atom is 0.0402 e. The predicted octanol–water partition coefficient (Wildman–Crippen LogP) is 1.91. The average Bonchev–Trinajstić information content (AvgIpc) is 0.918. The smallest absolute Gasteiger partial charge is 0.0402 e. The van der Waals surface area contributed by atoms with Crippen molar-refractivity contribution in [3.63, 3.8) is 0 Å². The summed E-state index contributed by atoms with van der Waals surface area (Å²) in [5.41, 5.74) is 0. The highest BCUT2D eigenvalue weighted by Crippen LogP contribution is 1.30. The minimum atomic E-state index is 0. The summed E-state index contributed by atoms with van der Waals surface area (Å²) in [6.07, 6.45) is 0. The van der Waals surface area contributed by atoms with E-state index in [2.05, 4.69) is 0 Å². The number of hydrogen-bond donors (Lipinski definition) is 1. The molecular weight excluding hydrogens is 76.1 g/mol. The molecule has 0 aromatic rings. The van der Waals surface area contributed by atoms with Crippen LogP contribution in [0.4, 0.5) is 0 Å². The summed E-state index contributed by atoms with van der Waals surface area (Å²) in [7, 11) is 0. The van der Waals surface area contributed by atoms with E-state index in [1.165, 1.54) is 0 Å². The van der Waals surface area contributed by atoms with Crippen LogP contribution in [0, 0.1) is 0 Å². The van der Waals surface area contributed by atoms with E-state index in [1.807, 2.05) is 0 Å². The van der Waals surface area contributed by atoms with Gasteiger partial charge in [-0.2, -0.15) is 0 Å². The quantitative estimate of drug-likeness (QED) is 0.486. The fraction of sp³-hybridized carbons (Fsp3) is 1.00. The molecule has 0 atom stereocenters. The third-order valence-corrected chi connectivity index (χ3v) is 0. The second kappa shape index (κ2) is 84.4. The number of rotatable bonds is 0. The van der Waals surface area contributed by atoms with Crippen LogP contribution in [0.2, 0.25) is 0 Å². The third kappa shape index (κ3) is 21700. The van der Waals surface area contributed by atoms with Crippen molar-refractivity contribution in [3.05, 3.63) is 0 Å². The number of aliphatic hydroxyl groups excluding tert-OH is 1. The summed E-state index contributed by atoms with van der Waals surface area (Å²) in [4.78, 5) is 0. The van der Waals surface area contributed by atoms with Crippen molar-refractivity contribution in [2.24, 2.45) is 0 Å². The van der Waals surface area contributed by atoms with E-state index in [9.17, 15) is 0 Å². The van der Waals surface area contributed by atoms with Crippen molar-refractivity contribution in [2.75, 3.05) is 6.61 Å². The lowest BCUT2D eigenvalue weighted by Gasteiger charge is -1.52. The van der Waals surface area contributed by atoms with E-state index >= 15 is 0 Å². The zero-order valence-electron chi connectivity index (χ0n) is 2.15. The lowest BCUT2D eigenvalue weighted by atomic mass is 10.9. The van der Waals surface area contributed by atoms with Gasteiger partial charge in [-0.1, -0.05) is 22.3 Å². The van der Waals surface area contributed by atoms with Gasteiger partial charge in [0.1, 0.15) is 0 Å². The molecule has 0 aromatic heterocycles. The highest BCUT2D eigenvalue weighted by molar-refractivity contribution is 3.84. The highest BCUT2D eigenvalue weighted by Gasteiger charge is 1.34. The molecule has 0 heterocycles. The van der Waals surface area contributed by atoms with E-state index in [-0.39, 0.29) is 28.9 Å². The molecule has 0 aromatic carbocycles. The topological polar surface area (TPSA) is 20.2 Å². The van der Waals surface area contributed by atoms with Crippen molar-refractivity contribution in [1.29, 1.82) is 0 Å². The molecule has 0 unspecified atom stereocenters. The fourth-order valence-corrected chi connectivity index (χ4v) is 0. The first-order valence-corrected chi connectivity index (χ1v) is 1.02. The Kier molecular flexibility index (Phi) is 537. The standard InChI is InChI=1S/C2H6O.3CH4/c1-2-3;;;/h3H,2H2,1H3;3*1H4. The summed E-state index contributed by atoms with van der Waals surface area (Å²) in [6.45, 7) is 1.93. The van der Waals surface area contributed by atoms with Gasteiger partial charge in [-0.3, -0.25) is 0 Å². The maximum absolute atomic E-state index is 7.57. The first-order chi connectivity index (χ1) is 1.41. The Labute approximate surface area is 42.0 Å². The van der Waals surface area contributed by atoms with Crippen molar-refractivity contribution in [3.8, 4) is 0 Å². The largest absolute Gasteiger partial charge is 0.397 e. The Balaban J connectivity index is -0.00000000667. The molecule has 1 nitrogen and oxygen atoms in total. The second-order valence-electron chi connectivity index (χ2n) is 0.316. The Morgan fingerprint density at radius 2 is 1.17 bits per heavy atom. The lowest BCUT2D eigenvalue weighted by molar-refractivity contribution is 0.318. The van der Waals surface area contributed by atoms with Crippen LogP contribution in [0.3, 0.4) is 0 Å². The van der Waals surface area contributed by atoms with Crippen LogP contribution in [0.15, 0.2) is 0 Å². The van der Waals surface area contributed by atoms with E-state index < -0.39 is 0 Å². The minimum Gasteiger partial charge on any atom is -0.397 e. The van der Waals surface area contributed by atoms with Gasteiger partial charge in [0.25, 0.3) is 0 Å². The Hall–Kier alpha value is -0.0400. The molecule has 0 amide bonds. The van der Waals surface area contributed by atoms with Crippen molar-refractivity contribution >= 4 is 0 Å². The van der Waals surface area contributed by atoms with Crippen molar-refractivity contribution < 1.29 is 5.11 Å². The molecule has 0 radical (unpaired) electrons. The summed E-state index contributed by atoms with van der Waals surface area (Å²) in [5.74, 6) is 0. The number of hydrogen-bond acceptors (Lipinski definition) is 1. The predicted molar refractivity (Wildman–Crippen MR) is 33.0 cm³/mol. The van der Waals surface area contributed by atoms with Crippen LogP contribution in [0.25, 0.3) is 0 Å². The Morgan fingerprint density at radius 1 is 1.17 bits per heavy atom. The van der Waals surface area contributed by atoms with E-state index in [0.29, 0.717) is 0 Å². The molecule has 0 saturated heterocycles. The fourth-order valence-electron chi connectivity index (χ4n) is 0. The molecule has 0 saturated carbocycles. The summed E-state index contributed by atoms with van der Waals surface area (Å²) in [5, 5.41) is 7.57. The van der Waals surface area contributed by atoms with Crippen LogP contribution in [0.5, 0.6) is 0 Å². The zero-order valence-corrected chi connectivity index (χ0v) is 2.15. The summed E-state index contributed by atoms with van der Waals surface area (Å²) >= 11 is 0. The molecule has 6 heavy (non-hydrogen) atoms. The summed E-state index contributed by atoms with van der Waals surface area (Å²) in [6, 6.07) is 0. The Morgan fingerprint density at radius 3 is 1.17 bits per heavy atom. The van der Waals surface area contributed by atoms with E-state index in [0.717, 1.165) is 0 Å². The van der Waals surface area contributed by atoms with Gasteiger partial charge < -0.3 is 5.11 Å². The van der Waals surface area contributed by atoms with Crippen molar-refractivity contribution in [1.82, 2.24) is 0 Å². The highest BCUT2D eigenvalue weighted by atomic mass is 16.2. The normalized spacial score (nSPS) is 3.00. The van der Waals surface area contributed by atoms with Gasteiger partial charge in [0.2, 0.25) is 0 Å². The maximum atomic E-state index is 7.57. The van der Waals surface area contributed by atoms with E-state index in [1.54, 1.807) is 6.92 Å². The molecule has 44 valence electrons. The molecule has 0 fully saturated rings. The van der Waals surface area contributed by atoms with Gasteiger partial charge >= 0.3 is 0 Å². The molecule has 0 aliphatic rings. The molecule has 0 spiro atoms. The molecule has 0 aliphatic carbocycles. The molecule has 1 N–H and O–H groups in total. The first kappa shape index (κ1) is 38.2. The lowest BCUT2D eigenvalue weighted by Crippen LogP contribution is -1.57. The van der Waals surface area contributed by atoms with Gasteiger partial charge in [-0.05, 0) is 6.92 Å². The van der Waals surface area contributed by atoms with Crippen LogP contribution in [-0.4, -0.2) is 11.7 Å². The average molecular weight is 94.2 g/mol. The minimum absolute atomic E-state index is 0. The van der Waals surface area contributed by atoms with E-state index in [4.69, 9.17) is 5.11 Å². The SMILES string of the molecule is C.C.C.CCO. The van der Waals surface area contributed by atoms with Gasteiger partial charge in [0.15, 0.2) is 0 Å². The molecule has 1 heteroatoms.